The van der Waals surface area contributed by atoms with Crippen LogP contribution >= 0.6 is 0 Å². The van der Waals surface area contributed by atoms with Crippen molar-refractivity contribution in [1.29, 1.82) is 0 Å². The molecule has 2 heterocycles. The lowest BCUT2D eigenvalue weighted by Crippen LogP contribution is -2.16. The summed E-state index contributed by atoms with van der Waals surface area (Å²) in [6.45, 7) is 0.950. The summed E-state index contributed by atoms with van der Waals surface area (Å²) in [5.41, 5.74) is 2.12. The van der Waals surface area contributed by atoms with Crippen LogP contribution in [0.4, 0.5) is 0 Å². The molecule has 1 aromatic carbocycles. The Kier molecular flexibility index (Phi) is 3.25. The second-order valence-corrected chi connectivity index (χ2v) is 4.94. The van der Waals surface area contributed by atoms with E-state index >= 15 is 0 Å². The quantitative estimate of drug-likeness (QED) is 0.919. The van der Waals surface area contributed by atoms with Crippen molar-refractivity contribution in [3.05, 3.63) is 47.5 Å². The first-order valence-corrected chi connectivity index (χ1v) is 6.63. The Balaban J connectivity index is 1.87. The molecule has 0 amide bonds. The molecule has 0 bridgehead atoms. The molecule has 1 aliphatic heterocycles. The van der Waals surface area contributed by atoms with Gasteiger partial charge < -0.3 is 14.4 Å². The summed E-state index contributed by atoms with van der Waals surface area (Å²) < 4.78 is 7.38. The first kappa shape index (κ1) is 12.2. The maximum Gasteiger partial charge on any atom is 0.119 e. The number of hydrogen-bond acceptors (Lipinski definition) is 3. The van der Waals surface area contributed by atoms with E-state index in [1.54, 1.807) is 13.3 Å². The van der Waals surface area contributed by atoms with E-state index in [0.29, 0.717) is 0 Å². The van der Waals surface area contributed by atoms with Gasteiger partial charge in [-0.05, 0) is 30.5 Å². The van der Waals surface area contributed by atoms with E-state index in [9.17, 15) is 5.11 Å². The van der Waals surface area contributed by atoms with Crippen molar-refractivity contribution in [3.8, 4) is 5.75 Å². The van der Waals surface area contributed by atoms with Crippen LogP contribution in [0.25, 0.3) is 0 Å². The van der Waals surface area contributed by atoms with Gasteiger partial charge >= 0.3 is 0 Å². The Hall–Kier alpha value is -1.81. The topological polar surface area (TPSA) is 47.3 Å². The molecule has 0 saturated heterocycles. The lowest BCUT2D eigenvalue weighted by Gasteiger charge is -2.21. The molecule has 0 fully saturated rings. The molecule has 4 nitrogen and oxygen atoms in total. The van der Waals surface area contributed by atoms with Gasteiger partial charge in [-0.15, -0.1) is 0 Å². The van der Waals surface area contributed by atoms with Crippen molar-refractivity contribution in [1.82, 2.24) is 9.55 Å². The number of nitrogens with zero attached hydrogens (tertiary/aromatic N) is 2. The molecule has 1 aliphatic rings. The monoisotopic (exact) mass is 258 g/mol. The molecule has 100 valence electrons. The van der Waals surface area contributed by atoms with Crippen LogP contribution in [0.5, 0.6) is 5.75 Å². The van der Waals surface area contributed by atoms with Gasteiger partial charge in [-0.2, -0.15) is 0 Å². The Labute approximate surface area is 112 Å². The average molecular weight is 258 g/mol. The number of aromatic nitrogens is 2. The van der Waals surface area contributed by atoms with Crippen LogP contribution in [-0.2, 0) is 13.0 Å². The number of ether oxygens (including phenoxy) is 1. The van der Waals surface area contributed by atoms with Crippen molar-refractivity contribution in [2.75, 3.05) is 7.11 Å². The number of aliphatic hydroxyl groups excluding tert-OH is 1. The van der Waals surface area contributed by atoms with Crippen LogP contribution in [0, 0.1) is 0 Å². The van der Waals surface area contributed by atoms with E-state index in [1.807, 2.05) is 18.2 Å². The summed E-state index contributed by atoms with van der Waals surface area (Å²) in [5, 5.41) is 9.94. The van der Waals surface area contributed by atoms with E-state index in [0.717, 1.165) is 43.1 Å². The molecule has 0 radical (unpaired) electrons. The highest BCUT2D eigenvalue weighted by atomic mass is 16.5. The minimum Gasteiger partial charge on any atom is -0.497 e. The van der Waals surface area contributed by atoms with Crippen LogP contribution in [0.1, 0.15) is 36.0 Å². The third-order valence-corrected chi connectivity index (χ3v) is 3.67. The fourth-order valence-corrected chi connectivity index (χ4v) is 2.65. The van der Waals surface area contributed by atoms with Crippen molar-refractivity contribution in [2.24, 2.45) is 0 Å². The highest BCUT2D eigenvalue weighted by molar-refractivity contribution is 5.30. The molecule has 1 unspecified atom stereocenters. The number of benzene rings is 1. The van der Waals surface area contributed by atoms with Gasteiger partial charge in [0, 0.05) is 13.0 Å². The van der Waals surface area contributed by atoms with Gasteiger partial charge in [0.25, 0.3) is 0 Å². The van der Waals surface area contributed by atoms with E-state index < -0.39 is 0 Å². The molecule has 4 heteroatoms. The second-order valence-electron chi connectivity index (χ2n) is 4.94. The maximum atomic E-state index is 9.94. The molecular weight excluding hydrogens is 240 g/mol. The minimum absolute atomic E-state index is 0.361. The number of imidazole rings is 1. The summed E-state index contributed by atoms with van der Waals surface area (Å²) in [7, 11) is 1.67. The Morgan fingerprint density at radius 1 is 1.47 bits per heavy atom. The maximum absolute atomic E-state index is 9.94. The van der Waals surface area contributed by atoms with Gasteiger partial charge in [0.15, 0.2) is 0 Å². The van der Waals surface area contributed by atoms with Crippen molar-refractivity contribution in [2.45, 2.75) is 31.9 Å². The van der Waals surface area contributed by atoms with Gasteiger partial charge in [-0.25, -0.2) is 4.98 Å². The molecule has 0 saturated carbocycles. The van der Waals surface area contributed by atoms with Crippen LogP contribution in [0.3, 0.4) is 0 Å². The molecule has 2 aromatic rings. The van der Waals surface area contributed by atoms with Crippen molar-refractivity contribution < 1.29 is 9.84 Å². The van der Waals surface area contributed by atoms with Crippen LogP contribution in [-0.4, -0.2) is 21.8 Å². The van der Waals surface area contributed by atoms with Crippen molar-refractivity contribution in [3.63, 3.8) is 0 Å². The molecule has 1 aromatic heterocycles. The fraction of sp³-hybridized carbons (Fsp3) is 0.400. The van der Waals surface area contributed by atoms with Gasteiger partial charge in [0.1, 0.15) is 11.6 Å². The number of hydrogen-bond donors (Lipinski definition) is 1. The Morgan fingerprint density at radius 2 is 2.37 bits per heavy atom. The van der Waals surface area contributed by atoms with E-state index in [2.05, 4.69) is 15.6 Å². The van der Waals surface area contributed by atoms with Crippen LogP contribution in [0.2, 0.25) is 0 Å². The summed E-state index contributed by atoms with van der Waals surface area (Å²) in [5.74, 6) is 1.88. The summed E-state index contributed by atoms with van der Waals surface area (Å²) in [4.78, 5) is 4.46. The first-order valence-electron chi connectivity index (χ1n) is 6.63. The normalized spacial score (nSPS) is 18.1. The van der Waals surface area contributed by atoms with Gasteiger partial charge in [-0.1, -0.05) is 12.1 Å². The van der Waals surface area contributed by atoms with E-state index in [1.165, 1.54) is 5.56 Å². The Morgan fingerprint density at radius 3 is 3.21 bits per heavy atom. The van der Waals surface area contributed by atoms with Crippen LogP contribution in [0.15, 0.2) is 30.5 Å². The predicted octanol–water partition coefficient (Wildman–Crippen LogP) is 2.31. The van der Waals surface area contributed by atoms with Gasteiger partial charge in [0.05, 0.1) is 25.1 Å². The molecule has 1 N–H and O–H groups in total. The zero-order chi connectivity index (χ0) is 13.2. The minimum atomic E-state index is -0.361. The molecule has 0 aliphatic carbocycles. The second kappa shape index (κ2) is 5.05. The summed E-state index contributed by atoms with van der Waals surface area (Å²) in [6.07, 6.45) is 4.06. The van der Waals surface area contributed by atoms with E-state index in [-0.39, 0.29) is 6.10 Å². The smallest absolute Gasteiger partial charge is 0.119 e. The summed E-state index contributed by atoms with van der Waals surface area (Å²) >= 11 is 0. The highest BCUT2D eigenvalue weighted by Gasteiger charge is 2.21. The standard InChI is InChI=1S/C15H18N2O2/c1-19-12-5-2-4-11(8-12)9-15-16-10-13-14(18)6-3-7-17(13)15/h2,4-5,8,10,14,18H,3,6-7,9H2,1H3. The largest absolute Gasteiger partial charge is 0.497 e. The van der Waals surface area contributed by atoms with Gasteiger partial charge in [-0.3, -0.25) is 0 Å². The summed E-state index contributed by atoms with van der Waals surface area (Å²) in [6, 6.07) is 8.03. The lowest BCUT2D eigenvalue weighted by atomic mass is 10.1. The third-order valence-electron chi connectivity index (χ3n) is 3.67. The number of methoxy groups -OCH3 is 1. The van der Waals surface area contributed by atoms with Crippen molar-refractivity contribution >= 4 is 0 Å². The average Bonchev–Trinajstić information content (AvgIpc) is 2.84. The predicted molar refractivity (Wildman–Crippen MR) is 72.2 cm³/mol. The molecule has 0 spiro atoms. The third kappa shape index (κ3) is 2.36. The van der Waals surface area contributed by atoms with E-state index in [4.69, 9.17) is 4.74 Å². The highest BCUT2D eigenvalue weighted by Crippen LogP contribution is 2.26. The first-order chi connectivity index (χ1) is 9.28. The molecule has 1 atom stereocenters. The zero-order valence-electron chi connectivity index (χ0n) is 11.0. The number of fused-ring (bicyclic) bond motifs is 1. The van der Waals surface area contributed by atoms with Gasteiger partial charge in [0.2, 0.25) is 0 Å². The van der Waals surface area contributed by atoms with Crippen LogP contribution < -0.4 is 4.74 Å². The molecule has 3 rings (SSSR count). The zero-order valence-corrected chi connectivity index (χ0v) is 11.0. The number of aliphatic hydroxyl groups is 1. The molecular formula is C15H18N2O2. The molecule has 19 heavy (non-hydrogen) atoms. The number of rotatable bonds is 3. The Bertz CT molecular complexity index is 577. The lowest BCUT2D eigenvalue weighted by molar-refractivity contribution is 0.138. The fourth-order valence-electron chi connectivity index (χ4n) is 2.65. The SMILES string of the molecule is COc1cccc(Cc2ncc3n2CCCC3O)c1.